The summed E-state index contributed by atoms with van der Waals surface area (Å²) in [7, 11) is 1.33. The monoisotopic (exact) mass is 211 g/mol. The quantitative estimate of drug-likeness (QED) is 0.648. The molecule has 4 nitrogen and oxygen atoms in total. The van der Waals surface area contributed by atoms with Gasteiger partial charge in [-0.2, -0.15) is 0 Å². The predicted molar refractivity (Wildman–Crippen MR) is 57.0 cm³/mol. The van der Waals surface area contributed by atoms with Crippen molar-refractivity contribution in [3.05, 3.63) is 0 Å². The number of aliphatic imine (C=N–C) groups is 1. The van der Waals surface area contributed by atoms with Gasteiger partial charge in [0.25, 0.3) is 0 Å². The van der Waals surface area contributed by atoms with Gasteiger partial charge in [0.1, 0.15) is 12.3 Å². The Morgan fingerprint density at radius 2 is 2.13 bits per heavy atom. The van der Waals surface area contributed by atoms with Crippen LogP contribution in [-0.2, 0) is 14.3 Å². The van der Waals surface area contributed by atoms with Crippen molar-refractivity contribution in [3.8, 4) is 0 Å². The van der Waals surface area contributed by atoms with Gasteiger partial charge in [0.2, 0.25) is 0 Å². The van der Waals surface area contributed by atoms with Crippen molar-refractivity contribution in [2.75, 3.05) is 13.7 Å². The van der Waals surface area contributed by atoms with Gasteiger partial charge >= 0.3 is 5.97 Å². The average Bonchev–Trinajstić information content (AvgIpc) is 2.11. The van der Waals surface area contributed by atoms with Crippen LogP contribution in [0.25, 0.3) is 0 Å². The Labute approximate surface area is 89.7 Å². The van der Waals surface area contributed by atoms with Crippen molar-refractivity contribution in [3.63, 3.8) is 0 Å². The van der Waals surface area contributed by atoms with Crippen LogP contribution in [0, 0.1) is 5.41 Å². The lowest BCUT2D eigenvalue weighted by molar-refractivity contribution is -0.138. The molecule has 0 unspecified atom stereocenters. The molecule has 0 aliphatic heterocycles. The summed E-state index contributed by atoms with van der Waals surface area (Å²) in [6, 6.07) is 0. The number of hydrogen-bond acceptors (Lipinski definition) is 4. The van der Waals surface area contributed by atoms with Gasteiger partial charge in [-0.3, -0.25) is 14.6 Å². The summed E-state index contributed by atoms with van der Waals surface area (Å²) in [5, 5.41) is 0. The van der Waals surface area contributed by atoms with Crippen molar-refractivity contribution >= 4 is 17.5 Å². The summed E-state index contributed by atoms with van der Waals surface area (Å²) in [4.78, 5) is 26.4. The summed E-state index contributed by atoms with van der Waals surface area (Å²) in [6.07, 6.45) is 1.78. The number of methoxy groups -OCH3 is 1. The zero-order chi connectivity index (χ0) is 11.5. The van der Waals surface area contributed by atoms with Gasteiger partial charge in [-0.25, -0.2) is 0 Å². The van der Waals surface area contributed by atoms with E-state index in [0.717, 1.165) is 12.1 Å². The lowest BCUT2D eigenvalue weighted by atomic mass is 9.76. The standard InChI is InChI=1S/C11H17NO3/c1-11(2)5-8(4-9(13)6-11)12-7-10(14)15-3/h4-7H2,1-3H3. The average molecular weight is 211 g/mol. The summed E-state index contributed by atoms with van der Waals surface area (Å²) in [5.74, 6) is -0.159. The Balaban J connectivity index is 2.62. The molecule has 1 rings (SSSR count). The van der Waals surface area contributed by atoms with Crippen LogP contribution in [0.15, 0.2) is 4.99 Å². The first-order valence-corrected chi connectivity index (χ1v) is 5.04. The van der Waals surface area contributed by atoms with Crippen LogP contribution in [0.4, 0.5) is 0 Å². The molecule has 1 aliphatic rings. The number of carbonyl (C=O) groups excluding carboxylic acids is 2. The molecular weight excluding hydrogens is 194 g/mol. The van der Waals surface area contributed by atoms with E-state index in [9.17, 15) is 9.59 Å². The Morgan fingerprint density at radius 1 is 1.47 bits per heavy atom. The van der Waals surface area contributed by atoms with Crippen LogP contribution in [0.3, 0.4) is 0 Å². The van der Waals surface area contributed by atoms with Crippen molar-refractivity contribution in [1.29, 1.82) is 0 Å². The predicted octanol–water partition coefficient (Wildman–Crippen LogP) is 1.38. The smallest absolute Gasteiger partial charge is 0.327 e. The fraction of sp³-hybridized carbons (Fsp3) is 0.727. The molecule has 0 aromatic rings. The van der Waals surface area contributed by atoms with Crippen LogP contribution in [-0.4, -0.2) is 31.1 Å². The first-order chi connectivity index (χ1) is 6.93. The van der Waals surface area contributed by atoms with Gasteiger partial charge in [-0.1, -0.05) is 13.8 Å². The molecule has 0 aromatic heterocycles. The van der Waals surface area contributed by atoms with E-state index in [-0.39, 0.29) is 23.7 Å². The van der Waals surface area contributed by atoms with Crippen LogP contribution in [0.5, 0.6) is 0 Å². The molecule has 0 amide bonds. The minimum absolute atomic E-state index is 0.0230. The molecule has 1 aliphatic carbocycles. The third-order valence-electron chi connectivity index (χ3n) is 2.42. The topological polar surface area (TPSA) is 55.7 Å². The summed E-state index contributed by atoms with van der Waals surface area (Å²) in [6.45, 7) is 4.10. The zero-order valence-electron chi connectivity index (χ0n) is 9.50. The lowest BCUT2D eigenvalue weighted by Crippen LogP contribution is -2.29. The third kappa shape index (κ3) is 3.81. The zero-order valence-corrected chi connectivity index (χ0v) is 9.50. The summed E-state index contributed by atoms with van der Waals surface area (Å²) in [5.41, 5.74) is 0.797. The van der Waals surface area contributed by atoms with Gasteiger partial charge in [0.15, 0.2) is 0 Å². The Morgan fingerprint density at radius 3 is 2.67 bits per heavy atom. The third-order valence-corrected chi connectivity index (χ3v) is 2.42. The van der Waals surface area contributed by atoms with E-state index in [1.54, 1.807) is 0 Å². The maximum Gasteiger partial charge on any atom is 0.327 e. The molecule has 0 radical (unpaired) electrons. The van der Waals surface area contributed by atoms with Crippen LogP contribution in [0.1, 0.15) is 33.1 Å². The number of hydrogen-bond donors (Lipinski definition) is 0. The van der Waals surface area contributed by atoms with Gasteiger partial charge in [-0.15, -0.1) is 0 Å². The highest BCUT2D eigenvalue weighted by Crippen LogP contribution is 2.31. The largest absolute Gasteiger partial charge is 0.468 e. The molecule has 1 fully saturated rings. The van der Waals surface area contributed by atoms with Gasteiger partial charge in [0.05, 0.1) is 7.11 Å². The van der Waals surface area contributed by atoms with E-state index in [1.165, 1.54) is 7.11 Å². The Kier molecular flexibility index (Phi) is 3.61. The van der Waals surface area contributed by atoms with Crippen LogP contribution >= 0.6 is 0 Å². The second-order valence-corrected chi connectivity index (χ2v) is 4.69. The van der Waals surface area contributed by atoms with Crippen LogP contribution in [0.2, 0.25) is 0 Å². The SMILES string of the molecule is COC(=O)CN=C1CC(=O)CC(C)(C)C1. The van der Waals surface area contributed by atoms with Crippen molar-refractivity contribution < 1.29 is 14.3 Å². The second-order valence-electron chi connectivity index (χ2n) is 4.69. The van der Waals surface area contributed by atoms with Crippen molar-refractivity contribution in [2.24, 2.45) is 10.4 Å². The molecule has 15 heavy (non-hydrogen) atoms. The molecule has 0 bridgehead atoms. The number of Topliss-reactive ketones (excluding diaryl/α,β-unsaturated/α-hetero) is 1. The number of nitrogens with zero attached hydrogens (tertiary/aromatic N) is 1. The van der Waals surface area contributed by atoms with Crippen LogP contribution < -0.4 is 0 Å². The number of esters is 1. The second kappa shape index (κ2) is 4.55. The Bertz CT molecular complexity index is 305. The molecular formula is C11H17NO3. The van der Waals surface area contributed by atoms with Gasteiger partial charge in [-0.05, 0) is 11.8 Å². The number of carbonyl (C=O) groups is 2. The van der Waals surface area contributed by atoms with Gasteiger partial charge in [0, 0.05) is 18.6 Å². The fourth-order valence-corrected chi connectivity index (χ4v) is 1.85. The molecule has 0 atom stereocenters. The van der Waals surface area contributed by atoms with E-state index in [1.807, 2.05) is 13.8 Å². The highest BCUT2D eigenvalue weighted by Gasteiger charge is 2.30. The lowest BCUT2D eigenvalue weighted by Gasteiger charge is -2.29. The number of rotatable bonds is 2. The van der Waals surface area contributed by atoms with E-state index in [0.29, 0.717) is 12.8 Å². The molecule has 0 heterocycles. The molecule has 4 heteroatoms. The van der Waals surface area contributed by atoms with E-state index >= 15 is 0 Å². The van der Waals surface area contributed by atoms with Gasteiger partial charge < -0.3 is 4.74 Å². The van der Waals surface area contributed by atoms with E-state index in [4.69, 9.17) is 0 Å². The van der Waals surface area contributed by atoms with E-state index in [2.05, 4.69) is 9.73 Å². The molecule has 84 valence electrons. The minimum atomic E-state index is -0.363. The van der Waals surface area contributed by atoms with E-state index < -0.39 is 0 Å². The molecule has 1 saturated carbocycles. The maximum atomic E-state index is 11.4. The maximum absolute atomic E-state index is 11.4. The molecule has 0 saturated heterocycles. The summed E-state index contributed by atoms with van der Waals surface area (Å²) < 4.78 is 4.49. The normalized spacial score (nSPS) is 22.9. The highest BCUT2D eigenvalue weighted by atomic mass is 16.5. The molecule has 0 N–H and O–H groups in total. The van der Waals surface area contributed by atoms with Crippen molar-refractivity contribution in [2.45, 2.75) is 33.1 Å². The molecule has 0 spiro atoms. The number of ketones is 1. The summed E-state index contributed by atoms with van der Waals surface area (Å²) >= 11 is 0. The first-order valence-electron chi connectivity index (χ1n) is 5.04. The minimum Gasteiger partial charge on any atom is -0.468 e. The highest BCUT2D eigenvalue weighted by molar-refractivity contribution is 6.05. The molecule has 0 aromatic carbocycles. The first kappa shape index (κ1) is 11.9. The van der Waals surface area contributed by atoms with Crippen molar-refractivity contribution in [1.82, 2.24) is 0 Å². The Hall–Kier alpha value is -1.19. The fourth-order valence-electron chi connectivity index (χ4n) is 1.85. The number of ether oxygens (including phenoxy) is 1.